The van der Waals surface area contributed by atoms with Gasteiger partial charge >= 0.3 is 0 Å². The SMILES string of the molecule is C[SiH](Cc1cccc(C[SiH](C)c2ccccc2)c1)c1ccccc1. The molecule has 0 radical (unpaired) electrons. The molecule has 0 saturated heterocycles. The molecule has 2 atom stereocenters. The Bertz CT molecular complexity index is 690. The molecule has 0 amide bonds. The van der Waals surface area contributed by atoms with Crippen molar-refractivity contribution in [1.82, 2.24) is 0 Å². The van der Waals surface area contributed by atoms with Crippen LogP contribution < -0.4 is 10.4 Å². The van der Waals surface area contributed by atoms with E-state index in [1.165, 1.54) is 23.2 Å². The van der Waals surface area contributed by atoms with Crippen LogP contribution in [0.25, 0.3) is 0 Å². The van der Waals surface area contributed by atoms with Crippen molar-refractivity contribution in [3.8, 4) is 0 Å². The van der Waals surface area contributed by atoms with Crippen LogP contribution in [-0.2, 0) is 12.1 Å². The fourth-order valence-corrected chi connectivity index (χ4v) is 7.54. The molecular formula is C22H26Si2. The molecule has 0 saturated carbocycles. The van der Waals surface area contributed by atoms with Gasteiger partial charge in [0.2, 0.25) is 0 Å². The molecule has 0 aromatic heterocycles. The number of benzene rings is 3. The molecule has 0 aliphatic rings. The Balaban J connectivity index is 1.68. The van der Waals surface area contributed by atoms with Gasteiger partial charge in [-0.3, -0.25) is 0 Å². The highest BCUT2D eigenvalue weighted by Gasteiger charge is 2.11. The summed E-state index contributed by atoms with van der Waals surface area (Å²) in [6.45, 7) is 4.92. The lowest BCUT2D eigenvalue weighted by Gasteiger charge is -2.14. The lowest BCUT2D eigenvalue weighted by molar-refractivity contribution is 1.28. The smallest absolute Gasteiger partial charge is 0.0678 e. The normalized spacial score (nSPS) is 13.4. The first-order valence-corrected chi connectivity index (χ1v) is 14.0. The van der Waals surface area contributed by atoms with E-state index >= 15 is 0 Å². The molecule has 3 aromatic rings. The molecule has 0 nitrogen and oxygen atoms in total. The Morgan fingerprint density at radius 3 is 1.38 bits per heavy atom. The molecule has 2 unspecified atom stereocenters. The van der Waals surface area contributed by atoms with E-state index in [1.807, 2.05) is 0 Å². The summed E-state index contributed by atoms with van der Waals surface area (Å²) in [5.41, 5.74) is 3.04. The van der Waals surface area contributed by atoms with Crippen molar-refractivity contribution in [2.75, 3.05) is 0 Å². The molecule has 0 spiro atoms. The highest BCUT2D eigenvalue weighted by molar-refractivity contribution is 6.72. The molecule has 0 aliphatic heterocycles. The molecule has 0 N–H and O–H groups in total. The Morgan fingerprint density at radius 1 is 0.542 bits per heavy atom. The van der Waals surface area contributed by atoms with Crippen molar-refractivity contribution < 1.29 is 0 Å². The maximum atomic E-state index is 2.46. The summed E-state index contributed by atoms with van der Waals surface area (Å²) in [6.07, 6.45) is 0. The largest absolute Gasteiger partial charge is 0.0720 e. The minimum absolute atomic E-state index is 0.892. The van der Waals surface area contributed by atoms with Crippen LogP contribution in [0.3, 0.4) is 0 Å². The van der Waals surface area contributed by atoms with E-state index in [0.717, 1.165) is 0 Å². The van der Waals surface area contributed by atoms with Crippen molar-refractivity contribution in [1.29, 1.82) is 0 Å². The average molecular weight is 347 g/mol. The van der Waals surface area contributed by atoms with Crippen LogP contribution in [-0.4, -0.2) is 17.6 Å². The average Bonchev–Trinajstić information content (AvgIpc) is 2.63. The minimum atomic E-state index is -0.892. The highest BCUT2D eigenvalue weighted by atomic mass is 28.3. The lowest BCUT2D eigenvalue weighted by Crippen LogP contribution is -2.30. The first-order valence-electron chi connectivity index (χ1n) is 8.90. The third kappa shape index (κ3) is 4.56. The van der Waals surface area contributed by atoms with Gasteiger partial charge in [-0.1, -0.05) is 120 Å². The fraction of sp³-hybridized carbons (Fsp3) is 0.182. The zero-order valence-electron chi connectivity index (χ0n) is 14.7. The van der Waals surface area contributed by atoms with Crippen molar-refractivity contribution in [3.63, 3.8) is 0 Å². The summed E-state index contributed by atoms with van der Waals surface area (Å²) in [5.74, 6) is 0. The maximum absolute atomic E-state index is 2.46. The van der Waals surface area contributed by atoms with Crippen molar-refractivity contribution in [2.24, 2.45) is 0 Å². The predicted octanol–water partition coefficient (Wildman–Crippen LogP) is 3.38. The predicted molar refractivity (Wildman–Crippen MR) is 112 cm³/mol. The van der Waals surface area contributed by atoms with E-state index in [0.29, 0.717) is 0 Å². The summed E-state index contributed by atoms with van der Waals surface area (Å²) < 4.78 is 0. The van der Waals surface area contributed by atoms with Gasteiger partial charge in [0, 0.05) is 0 Å². The Labute approximate surface area is 149 Å². The first kappa shape index (κ1) is 16.9. The summed E-state index contributed by atoms with van der Waals surface area (Å²) in [6, 6.07) is 33.9. The van der Waals surface area contributed by atoms with Crippen LogP contribution in [0.15, 0.2) is 84.9 Å². The maximum Gasteiger partial charge on any atom is 0.0720 e. The molecule has 24 heavy (non-hydrogen) atoms. The van der Waals surface area contributed by atoms with Crippen LogP contribution in [0.2, 0.25) is 13.1 Å². The molecule has 3 aromatic carbocycles. The first-order chi connectivity index (χ1) is 11.7. The van der Waals surface area contributed by atoms with E-state index in [-0.39, 0.29) is 0 Å². The van der Waals surface area contributed by atoms with Gasteiger partial charge < -0.3 is 0 Å². The second-order valence-corrected chi connectivity index (χ2v) is 12.6. The van der Waals surface area contributed by atoms with Crippen molar-refractivity contribution in [3.05, 3.63) is 96.1 Å². The molecule has 0 fully saturated rings. The van der Waals surface area contributed by atoms with E-state index in [2.05, 4.69) is 98.0 Å². The number of hydrogen-bond donors (Lipinski definition) is 0. The second kappa shape index (κ2) is 8.27. The number of hydrogen-bond acceptors (Lipinski definition) is 0. The summed E-state index contributed by atoms with van der Waals surface area (Å²) in [7, 11) is -1.78. The topological polar surface area (TPSA) is 0 Å². The third-order valence-corrected chi connectivity index (χ3v) is 10.0. The standard InChI is InChI=1S/C22H26Si2/c1-23(21-12-5-3-6-13-21)17-19-10-9-11-20(16-19)18-24(2)22-14-7-4-8-15-22/h3-16,23-24H,17-18H2,1-2H3. The summed E-state index contributed by atoms with van der Waals surface area (Å²) in [4.78, 5) is 0. The summed E-state index contributed by atoms with van der Waals surface area (Å²) in [5, 5.41) is 3.13. The van der Waals surface area contributed by atoms with Gasteiger partial charge in [0.25, 0.3) is 0 Å². The Hall–Kier alpha value is -1.91. The van der Waals surface area contributed by atoms with Crippen LogP contribution in [0, 0.1) is 0 Å². The van der Waals surface area contributed by atoms with Gasteiger partial charge in [0.05, 0.1) is 17.6 Å². The quantitative estimate of drug-likeness (QED) is 0.600. The van der Waals surface area contributed by atoms with Crippen molar-refractivity contribution in [2.45, 2.75) is 25.2 Å². The van der Waals surface area contributed by atoms with Crippen LogP contribution in [0.4, 0.5) is 0 Å². The lowest BCUT2D eigenvalue weighted by atomic mass is 10.2. The van der Waals surface area contributed by atoms with Gasteiger partial charge in [-0.05, 0) is 12.1 Å². The van der Waals surface area contributed by atoms with Gasteiger partial charge in [-0.25, -0.2) is 0 Å². The van der Waals surface area contributed by atoms with E-state index in [9.17, 15) is 0 Å². The molecular weight excluding hydrogens is 320 g/mol. The van der Waals surface area contributed by atoms with Crippen LogP contribution in [0.5, 0.6) is 0 Å². The zero-order valence-corrected chi connectivity index (χ0v) is 17.0. The van der Waals surface area contributed by atoms with Gasteiger partial charge in [-0.15, -0.1) is 0 Å². The summed E-state index contributed by atoms with van der Waals surface area (Å²) >= 11 is 0. The zero-order chi connectivity index (χ0) is 16.8. The van der Waals surface area contributed by atoms with Gasteiger partial charge in [-0.2, -0.15) is 0 Å². The van der Waals surface area contributed by atoms with E-state index < -0.39 is 17.6 Å². The molecule has 122 valence electrons. The van der Waals surface area contributed by atoms with Crippen molar-refractivity contribution >= 4 is 28.0 Å². The van der Waals surface area contributed by atoms with Gasteiger partial charge in [0.1, 0.15) is 0 Å². The molecule has 0 bridgehead atoms. The van der Waals surface area contributed by atoms with Crippen LogP contribution in [0.1, 0.15) is 11.1 Å². The van der Waals surface area contributed by atoms with E-state index in [4.69, 9.17) is 0 Å². The number of rotatable bonds is 6. The Morgan fingerprint density at radius 2 is 0.958 bits per heavy atom. The molecule has 2 heteroatoms. The fourth-order valence-electron chi connectivity index (χ4n) is 3.39. The van der Waals surface area contributed by atoms with E-state index in [1.54, 1.807) is 10.4 Å². The molecule has 0 heterocycles. The molecule has 3 rings (SSSR count). The van der Waals surface area contributed by atoms with Crippen LogP contribution >= 0.6 is 0 Å². The third-order valence-electron chi connectivity index (χ3n) is 4.81. The van der Waals surface area contributed by atoms with Gasteiger partial charge in [0.15, 0.2) is 0 Å². The molecule has 0 aliphatic carbocycles. The Kier molecular flexibility index (Phi) is 5.83. The minimum Gasteiger partial charge on any atom is -0.0678 e. The monoisotopic (exact) mass is 346 g/mol. The highest BCUT2D eigenvalue weighted by Crippen LogP contribution is 2.10. The second-order valence-electron chi connectivity index (χ2n) is 6.85.